The molecule has 26 heteroatoms. The van der Waals surface area contributed by atoms with Gasteiger partial charge in [0, 0.05) is 49.0 Å². The average Bonchev–Trinajstić information content (AvgIpc) is 3.81. The van der Waals surface area contributed by atoms with Crippen molar-refractivity contribution in [2.45, 2.75) is 13.8 Å². The maximum Gasteiger partial charge on any atom is 0.347 e. The number of thiazole rings is 3. The lowest BCUT2D eigenvalue weighted by Gasteiger charge is -2.03. The van der Waals surface area contributed by atoms with Crippen LogP contribution in [0.25, 0.3) is 52.0 Å². The zero-order valence-corrected chi connectivity index (χ0v) is 52.7. The number of aliphatic carboxylic acids is 2. The van der Waals surface area contributed by atoms with Crippen molar-refractivity contribution in [2.24, 2.45) is 0 Å². The minimum absolute atomic E-state index is 0.214. The maximum atomic E-state index is 12.5. The van der Waals surface area contributed by atoms with E-state index in [4.69, 9.17) is 92.0 Å². The molecule has 3 aromatic heterocycles. The summed E-state index contributed by atoms with van der Waals surface area (Å²) in [6.07, 6.45) is 4.35. The SMILES string of the molecule is Cc1cccc(-c2nc(NC(=O)c3ccc(/C=C(\Cl)C(=O)O)cc3)sc2C)c1.O=C(O)/C(Cl)=C/c1ccc(C(=O)Nc2nc(-c3ccc(Cl)c(Cl)c3)cs2)cc1.O=C1NC(=S)S/C1=C\c1ccc(C(=O)Nc2nc(-c3ccc(Cl)c(Cl)c3)cs2)cc1. The molecule has 1 aliphatic rings. The van der Waals surface area contributed by atoms with Crippen LogP contribution in [-0.4, -0.2) is 65.1 Å². The van der Waals surface area contributed by atoms with E-state index in [0.717, 1.165) is 38.4 Å². The highest BCUT2D eigenvalue weighted by atomic mass is 35.5. The summed E-state index contributed by atoms with van der Waals surface area (Å²) in [5, 5.41) is 34.7. The second kappa shape index (κ2) is 29.7. The largest absolute Gasteiger partial charge is 0.477 e. The van der Waals surface area contributed by atoms with E-state index in [1.165, 1.54) is 57.9 Å². The number of amides is 4. The third-order valence-electron chi connectivity index (χ3n) is 11.6. The van der Waals surface area contributed by atoms with Crippen molar-refractivity contribution >= 4 is 201 Å². The minimum atomic E-state index is -1.22. The topological polar surface area (TPSA) is 230 Å². The summed E-state index contributed by atoms with van der Waals surface area (Å²) in [6, 6.07) is 38.2. The molecule has 434 valence electrons. The Balaban J connectivity index is 0.000000168. The van der Waals surface area contributed by atoms with Crippen LogP contribution < -0.4 is 21.3 Å². The molecule has 9 aromatic rings. The molecular weight excluding hydrogens is 1320 g/mol. The summed E-state index contributed by atoms with van der Waals surface area (Å²) < 4.78 is 0.436. The number of aromatic nitrogens is 3. The molecule has 1 fully saturated rings. The Labute approximate surface area is 542 Å². The fraction of sp³-hybridized carbons (Fsp3) is 0.0333. The van der Waals surface area contributed by atoms with Crippen LogP contribution in [0.5, 0.6) is 0 Å². The number of carboxylic acid groups (broad SMARTS) is 2. The van der Waals surface area contributed by atoms with Crippen molar-refractivity contribution in [2.75, 3.05) is 16.0 Å². The summed E-state index contributed by atoms with van der Waals surface area (Å²) >= 11 is 45.3. The third kappa shape index (κ3) is 17.8. The maximum absolute atomic E-state index is 12.5. The highest BCUT2D eigenvalue weighted by Gasteiger charge is 2.22. The fourth-order valence-electron chi connectivity index (χ4n) is 7.44. The normalized spacial score (nSPS) is 12.5. The van der Waals surface area contributed by atoms with Gasteiger partial charge in [-0.3, -0.25) is 35.1 Å². The van der Waals surface area contributed by atoms with E-state index in [-0.39, 0.29) is 33.7 Å². The van der Waals surface area contributed by atoms with E-state index < -0.39 is 11.9 Å². The standard InChI is InChI=1S/C21H17ClN2O3S.C20H11Cl2N3O2S3.C19H11Cl3N2O3S/c1-12-4-3-5-16(10-12)18-13(2)28-21(23-18)24-19(25)15-8-6-14(7-9-15)11-17(22)20(26)27;21-13-6-5-12(8-14(13)22)15-9-29-19(23-15)24-17(26)11-3-1-10(2-4-11)7-16-18(27)25-20(28)30-16;20-13-6-5-12(8-14(13)21)16-9-28-19(23-16)24-17(25)11-3-1-10(2-4-11)7-15(22)18(26)27/h3-11H,1-2H3,(H,26,27)(H,23,24,25);1-9H,(H,23,24,26)(H,25,27,28);1-9H,(H,26,27)(H,23,24,25)/b17-11-;16-7-;15-7-. The number of nitrogens with one attached hydrogen (secondary N) is 4. The van der Waals surface area contributed by atoms with Gasteiger partial charge in [0.05, 0.1) is 42.1 Å². The lowest BCUT2D eigenvalue weighted by atomic mass is 10.1. The van der Waals surface area contributed by atoms with Crippen molar-refractivity contribution in [3.63, 3.8) is 0 Å². The number of rotatable bonds is 14. The number of benzene rings is 6. The predicted molar refractivity (Wildman–Crippen MR) is 355 cm³/mol. The van der Waals surface area contributed by atoms with Gasteiger partial charge in [0.2, 0.25) is 0 Å². The molecule has 1 saturated heterocycles. The van der Waals surface area contributed by atoms with Crippen molar-refractivity contribution < 1.29 is 39.0 Å². The molecule has 6 N–H and O–H groups in total. The van der Waals surface area contributed by atoms with Gasteiger partial charge in [-0.2, -0.15) is 0 Å². The van der Waals surface area contributed by atoms with Crippen LogP contribution in [0.2, 0.25) is 20.1 Å². The first-order valence-electron chi connectivity index (χ1n) is 24.6. The van der Waals surface area contributed by atoms with Crippen LogP contribution in [0.15, 0.2) is 159 Å². The van der Waals surface area contributed by atoms with Gasteiger partial charge in [0.25, 0.3) is 23.6 Å². The van der Waals surface area contributed by atoms with Crippen molar-refractivity contribution in [1.82, 2.24) is 20.3 Å². The Hall–Kier alpha value is -7.57. The molecule has 15 nitrogen and oxygen atoms in total. The molecule has 0 unspecified atom stereocenters. The number of hydrogen-bond acceptors (Lipinski definition) is 14. The van der Waals surface area contributed by atoms with Gasteiger partial charge in [0.15, 0.2) is 15.4 Å². The molecule has 4 amide bonds. The van der Waals surface area contributed by atoms with Gasteiger partial charge in [-0.05, 0) is 115 Å². The van der Waals surface area contributed by atoms with Gasteiger partial charge in [-0.1, -0.05) is 166 Å². The van der Waals surface area contributed by atoms with Gasteiger partial charge < -0.3 is 15.5 Å². The molecule has 0 atom stereocenters. The molecule has 10 rings (SSSR count). The van der Waals surface area contributed by atoms with E-state index in [2.05, 4.69) is 42.3 Å². The van der Waals surface area contributed by atoms with Gasteiger partial charge in [0.1, 0.15) is 14.4 Å². The van der Waals surface area contributed by atoms with Crippen LogP contribution in [0.1, 0.15) is 58.2 Å². The van der Waals surface area contributed by atoms with Crippen LogP contribution in [-0.2, 0) is 14.4 Å². The van der Waals surface area contributed by atoms with E-state index in [9.17, 15) is 28.8 Å². The Kier molecular flexibility index (Phi) is 22.2. The molecule has 1 aliphatic heterocycles. The van der Waals surface area contributed by atoms with Gasteiger partial charge in [-0.25, -0.2) is 24.5 Å². The smallest absolute Gasteiger partial charge is 0.347 e. The van der Waals surface area contributed by atoms with Crippen LogP contribution in [0.4, 0.5) is 15.4 Å². The highest BCUT2D eigenvalue weighted by Crippen LogP contribution is 2.34. The Morgan fingerprint density at radius 1 is 0.547 bits per heavy atom. The number of carbonyl (C=O) groups is 6. The van der Waals surface area contributed by atoms with E-state index in [1.807, 2.05) is 43.5 Å². The van der Waals surface area contributed by atoms with E-state index in [1.54, 1.807) is 115 Å². The van der Waals surface area contributed by atoms with Crippen molar-refractivity contribution in [1.29, 1.82) is 0 Å². The number of thiocarbonyl (C=S) groups is 1. The van der Waals surface area contributed by atoms with Crippen molar-refractivity contribution in [3.05, 3.63) is 223 Å². The molecule has 4 heterocycles. The molecule has 0 radical (unpaired) electrons. The second-order valence-electron chi connectivity index (χ2n) is 17.8. The molecular formula is C60H39Cl6N7O8S5. The van der Waals surface area contributed by atoms with E-state index in [0.29, 0.717) is 83.9 Å². The summed E-state index contributed by atoms with van der Waals surface area (Å²) in [5.74, 6) is -3.54. The fourth-order valence-corrected chi connectivity index (χ4v) is 11.6. The lowest BCUT2D eigenvalue weighted by Crippen LogP contribution is -2.17. The first kappa shape index (κ1) is 64.4. The third-order valence-corrected chi connectivity index (χ3v) is 17.2. The van der Waals surface area contributed by atoms with Gasteiger partial charge >= 0.3 is 11.9 Å². The number of carbonyl (C=O) groups excluding carboxylic acids is 4. The molecule has 6 aromatic carbocycles. The number of thioether (sulfide) groups is 1. The highest BCUT2D eigenvalue weighted by molar-refractivity contribution is 8.26. The Morgan fingerprint density at radius 3 is 1.40 bits per heavy atom. The molecule has 0 spiro atoms. The van der Waals surface area contributed by atoms with Crippen LogP contribution in [0, 0.1) is 13.8 Å². The number of halogens is 6. The van der Waals surface area contributed by atoms with Crippen LogP contribution in [0.3, 0.4) is 0 Å². The number of nitrogens with zero attached hydrogens (tertiary/aromatic N) is 3. The van der Waals surface area contributed by atoms with E-state index >= 15 is 0 Å². The molecule has 0 saturated carbocycles. The monoisotopic (exact) mass is 1350 g/mol. The molecule has 0 bridgehead atoms. The van der Waals surface area contributed by atoms with Crippen LogP contribution >= 0.6 is 128 Å². The Bertz CT molecular complexity index is 4210. The quantitative estimate of drug-likeness (QED) is 0.0440. The lowest BCUT2D eigenvalue weighted by molar-refractivity contribution is -0.132. The first-order valence-corrected chi connectivity index (χ1v) is 30.7. The molecule has 0 aliphatic carbocycles. The number of hydrogen-bond donors (Lipinski definition) is 6. The summed E-state index contributed by atoms with van der Waals surface area (Å²) in [5.41, 5.74) is 9.25. The number of carboxylic acids is 2. The number of anilines is 3. The zero-order chi connectivity index (χ0) is 61.8. The number of aryl methyl sites for hydroxylation is 2. The summed E-state index contributed by atoms with van der Waals surface area (Å²) in [4.78, 5) is 85.5. The average molecular weight is 1360 g/mol. The zero-order valence-electron chi connectivity index (χ0n) is 44.1. The second-order valence-corrected chi connectivity index (χ2v) is 24.9. The summed E-state index contributed by atoms with van der Waals surface area (Å²) in [7, 11) is 0. The first-order chi connectivity index (χ1) is 41.0. The van der Waals surface area contributed by atoms with Gasteiger partial charge in [-0.15, -0.1) is 34.0 Å². The molecule has 86 heavy (non-hydrogen) atoms. The Morgan fingerprint density at radius 2 is 0.988 bits per heavy atom. The van der Waals surface area contributed by atoms with Crippen molar-refractivity contribution in [3.8, 4) is 33.8 Å². The summed E-state index contributed by atoms with van der Waals surface area (Å²) in [6.45, 7) is 3.99. The minimum Gasteiger partial charge on any atom is -0.477 e. The predicted octanol–water partition coefficient (Wildman–Crippen LogP) is 17.2.